The van der Waals surface area contributed by atoms with Crippen molar-refractivity contribution >= 4 is 17.7 Å². The molecule has 1 amide bonds. The number of rotatable bonds is 2. The SMILES string of the molecule is Cc1ccc(NC(=O)O)c(-c2cccc(F)c2)c1.O=C(O)C(F)(F)F. The molecule has 0 saturated heterocycles. The minimum atomic E-state index is -5.08. The minimum Gasteiger partial charge on any atom is -0.475 e. The first kappa shape index (κ1) is 19.9. The zero-order valence-corrected chi connectivity index (χ0v) is 12.8. The molecule has 9 heteroatoms. The van der Waals surface area contributed by atoms with Crippen LogP contribution in [0.2, 0.25) is 0 Å². The lowest BCUT2D eigenvalue weighted by Gasteiger charge is -2.10. The van der Waals surface area contributed by atoms with Crippen LogP contribution in [-0.4, -0.2) is 28.5 Å². The molecule has 0 aliphatic heterocycles. The molecular formula is C16H13F4NO4. The highest BCUT2D eigenvalue weighted by Gasteiger charge is 2.38. The molecule has 0 aromatic heterocycles. The second kappa shape index (κ2) is 8.13. The number of hydrogen-bond donors (Lipinski definition) is 3. The van der Waals surface area contributed by atoms with Crippen molar-refractivity contribution in [2.75, 3.05) is 5.32 Å². The Labute approximate surface area is 139 Å². The highest BCUT2D eigenvalue weighted by Crippen LogP contribution is 2.29. The van der Waals surface area contributed by atoms with Crippen molar-refractivity contribution in [1.29, 1.82) is 0 Å². The monoisotopic (exact) mass is 359 g/mol. The Morgan fingerprint density at radius 3 is 2.12 bits per heavy atom. The van der Waals surface area contributed by atoms with E-state index in [1.54, 1.807) is 24.3 Å². The number of benzene rings is 2. The quantitative estimate of drug-likeness (QED) is 0.688. The van der Waals surface area contributed by atoms with Gasteiger partial charge in [-0.15, -0.1) is 0 Å². The van der Waals surface area contributed by atoms with Crippen LogP contribution in [-0.2, 0) is 4.79 Å². The lowest BCUT2D eigenvalue weighted by atomic mass is 10.0. The van der Waals surface area contributed by atoms with Gasteiger partial charge in [0.1, 0.15) is 5.82 Å². The molecule has 0 radical (unpaired) electrons. The van der Waals surface area contributed by atoms with Gasteiger partial charge in [-0.25, -0.2) is 14.0 Å². The Morgan fingerprint density at radius 1 is 1.04 bits per heavy atom. The summed E-state index contributed by atoms with van der Waals surface area (Å²) in [6, 6.07) is 11.4. The van der Waals surface area contributed by atoms with Crippen LogP contribution < -0.4 is 5.32 Å². The van der Waals surface area contributed by atoms with E-state index in [4.69, 9.17) is 15.0 Å². The summed E-state index contributed by atoms with van der Waals surface area (Å²) in [4.78, 5) is 19.6. The van der Waals surface area contributed by atoms with Gasteiger partial charge in [-0.3, -0.25) is 5.32 Å². The number of aryl methyl sites for hydroxylation is 1. The second-order valence-electron chi connectivity index (χ2n) is 4.79. The number of halogens is 4. The smallest absolute Gasteiger partial charge is 0.475 e. The summed E-state index contributed by atoms with van der Waals surface area (Å²) in [7, 11) is 0. The second-order valence-corrected chi connectivity index (χ2v) is 4.79. The van der Waals surface area contributed by atoms with Crippen molar-refractivity contribution in [1.82, 2.24) is 0 Å². The molecule has 0 bridgehead atoms. The molecule has 2 aromatic rings. The largest absolute Gasteiger partial charge is 0.490 e. The van der Waals surface area contributed by atoms with Crippen molar-refractivity contribution in [2.45, 2.75) is 13.1 Å². The maximum atomic E-state index is 13.2. The fourth-order valence-corrected chi connectivity index (χ4v) is 1.78. The molecule has 2 aromatic carbocycles. The van der Waals surface area contributed by atoms with Gasteiger partial charge in [-0.1, -0.05) is 23.8 Å². The first-order valence-corrected chi connectivity index (χ1v) is 6.67. The third-order valence-corrected chi connectivity index (χ3v) is 2.79. The third-order valence-electron chi connectivity index (χ3n) is 2.79. The van der Waals surface area contributed by atoms with Gasteiger partial charge in [-0.2, -0.15) is 13.2 Å². The summed E-state index contributed by atoms with van der Waals surface area (Å²) in [5.74, 6) is -3.11. The van der Waals surface area contributed by atoms with Gasteiger partial charge in [0.05, 0.1) is 5.69 Å². The van der Waals surface area contributed by atoms with E-state index in [1.165, 1.54) is 12.1 Å². The van der Waals surface area contributed by atoms with Crippen LogP contribution in [0.15, 0.2) is 42.5 Å². The molecule has 0 aliphatic rings. The molecule has 2 rings (SSSR count). The fourth-order valence-electron chi connectivity index (χ4n) is 1.78. The molecule has 0 unspecified atom stereocenters. The van der Waals surface area contributed by atoms with Gasteiger partial charge < -0.3 is 10.2 Å². The number of anilines is 1. The van der Waals surface area contributed by atoms with E-state index in [1.807, 2.05) is 13.0 Å². The molecule has 25 heavy (non-hydrogen) atoms. The van der Waals surface area contributed by atoms with Gasteiger partial charge in [0.2, 0.25) is 0 Å². The zero-order valence-electron chi connectivity index (χ0n) is 12.8. The third kappa shape index (κ3) is 6.50. The number of alkyl halides is 3. The Bertz CT molecular complexity index is 775. The summed E-state index contributed by atoms with van der Waals surface area (Å²) >= 11 is 0. The summed E-state index contributed by atoms with van der Waals surface area (Å²) in [5.41, 5.74) is 2.73. The van der Waals surface area contributed by atoms with Crippen molar-refractivity contribution in [2.24, 2.45) is 0 Å². The number of aliphatic carboxylic acids is 1. The molecule has 0 saturated carbocycles. The first-order chi connectivity index (χ1) is 11.5. The van der Waals surface area contributed by atoms with Crippen LogP contribution in [0.1, 0.15) is 5.56 Å². The molecule has 3 N–H and O–H groups in total. The highest BCUT2D eigenvalue weighted by molar-refractivity contribution is 5.90. The van der Waals surface area contributed by atoms with Gasteiger partial charge in [0.25, 0.3) is 0 Å². The summed E-state index contributed by atoms with van der Waals surface area (Å²) in [5, 5.41) is 18.2. The minimum absolute atomic E-state index is 0.352. The van der Waals surface area contributed by atoms with Crippen LogP contribution in [0.4, 0.5) is 28.0 Å². The normalized spacial score (nSPS) is 10.4. The predicted octanol–water partition coefficient (Wildman–Crippen LogP) is 4.52. The number of carboxylic acids is 1. The van der Waals surface area contributed by atoms with Crippen LogP contribution in [0, 0.1) is 12.7 Å². The predicted molar refractivity (Wildman–Crippen MR) is 81.9 cm³/mol. The Morgan fingerprint density at radius 2 is 1.64 bits per heavy atom. The zero-order chi connectivity index (χ0) is 19.2. The fraction of sp³-hybridized carbons (Fsp3) is 0.125. The van der Waals surface area contributed by atoms with E-state index >= 15 is 0 Å². The number of amides is 1. The summed E-state index contributed by atoms with van der Waals surface area (Å²) < 4.78 is 44.9. The van der Waals surface area contributed by atoms with Crippen molar-refractivity contribution in [3.8, 4) is 11.1 Å². The lowest BCUT2D eigenvalue weighted by molar-refractivity contribution is -0.192. The van der Waals surface area contributed by atoms with Crippen LogP contribution in [0.25, 0.3) is 11.1 Å². The summed E-state index contributed by atoms with van der Waals surface area (Å²) in [6.07, 6.45) is -6.23. The standard InChI is InChI=1S/C14H12FNO2.C2HF3O2/c1-9-5-6-13(16-14(17)18)12(7-9)10-3-2-4-11(15)8-10;3-2(4,5)1(6)7/h2-8,16H,1H3,(H,17,18);(H,6,7). The van der Waals surface area contributed by atoms with E-state index < -0.39 is 18.2 Å². The number of hydrogen-bond acceptors (Lipinski definition) is 2. The maximum absolute atomic E-state index is 13.2. The molecule has 134 valence electrons. The maximum Gasteiger partial charge on any atom is 0.490 e. The highest BCUT2D eigenvalue weighted by atomic mass is 19.4. The average molecular weight is 359 g/mol. The Hall–Kier alpha value is -3.10. The van der Waals surface area contributed by atoms with Gasteiger partial charge in [0, 0.05) is 5.56 Å². The van der Waals surface area contributed by atoms with Crippen molar-refractivity contribution in [3.05, 3.63) is 53.8 Å². The van der Waals surface area contributed by atoms with E-state index in [0.717, 1.165) is 5.56 Å². The molecule has 0 atom stereocenters. The van der Waals surface area contributed by atoms with Gasteiger partial charge in [-0.05, 0) is 36.8 Å². The Kier molecular flexibility index (Phi) is 6.49. The van der Waals surface area contributed by atoms with Crippen LogP contribution in [0.3, 0.4) is 0 Å². The van der Waals surface area contributed by atoms with Crippen molar-refractivity contribution < 1.29 is 37.4 Å². The number of carboxylic acid groups (broad SMARTS) is 2. The van der Waals surface area contributed by atoms with Crippen LogP contribution in [0.5, 0.6) is 0 Å². The number of nitrogens with one attached hydrogen (secondary N) is 1. The van der Waals surface area contributed by atoms with E-state index in [2.05, 4.69) is 5.32 Å². The summed E-state index contributed by atoms with van der Waals surface area (Å²) in [6.45, 7) is 1.90. The average Bonchev–Trinajstić information content (AvgIpc) is 2.48. The lowest BCUT2D eigenvalue weighted by Crippen LogP contribution is -2.21. The molecular weight excluding hydrogens is 346 g/mol. The number of carbonyl (C=O) groups is 2. The molecule has 0 spiro atoms. The molecule has 0 fully saturated rings. The first-order valence-electron chi connectivity index (χ1n) is 6.67. The van der Waals surface area contributed by atoms with E-state index in [-0.39, 0.29) is 5.82 Å². The Balaban J connectivity index is 0.000000381. The van der Waals surface area contributed by atoms with Crippen LogP contribution >= 0.6 is 0 Å². The topological polar surface area (TPSA) is 86.6 Å². The molecule has 0 heterocycles. The van der Waals surface area contributed by atoms with Crippen molar-refractivity contribution in [3.63, 3.8) is 0 Å². The van der Waals surface area contributed by atoms with Gasteiger partial charge in [0.15, 0.2) is 0 Å². The molecule has 5 nitrogen and oxygen atoms in total. The van der Waals surface area contributed by atoms with E-state index in [9.17, 15) is 22.4 Å². The van der Waals surface area contributed by atoms with E-state index in [0.29, 0.717) is 16.8 Å². The van der Waals surface area contributed by atoms with Gasteiger partial charge >= 0.3 is 18.2 Å². The molecule has 0 aliphatic carbocycles.